The molecule has 30 heavy (non-hydrogen) atoms. The molecule has 2 aromatic rings. The summed E-state index contributed by atoms with van der Waals surface area (Å²) in [4.78, 5) is 39.5. The van der Waals surface area contributed by atoms with Crippen molar-refractivity contribution in [2.75, 3.05) is 11.9 Å². The number of rotatable bonds is 9. The lowest BCUT2D eigenvalue weighted by molar-refractivity contribution is -0.122. The summed E-state index contributed by atoms with van der Waals surface area (Å²) in [6, 6.07) is 10.8. The van der Waals surface area contributed by atoms with Gasteiger partial charge in [0.15, 0.2) is 5.78 Å². The van der Waals surface area contributed by atoms with Crippen LogP contribution in [0.25, 0.3) is 6.08 Å². The Bertz CT molecular complexity index is 983. The van der Waals surface area contributed by atoms with Gasteiger partial charge in [0.05, 0.1) is 4.91 Å². The number of thiocarbonyl (C=S) groups is 1. The predicted molar refractivity (Wildman–Crippen MR) is 128 cm³/mol. The molecule has 0 radical (unpaired) electrons. The Morgan fingerprint density at radius 3 is 2.73 bits per heavy atom. The van der Waals surface area contributed by atoms with Crippen molar-refractivity contribution < 1.29 is 14.4 Å². The average molecular weight is 459 g/mol. The highest BCUT2D eigenvalue weighted by atomic mass is 32.2. The Balaban J connectivity index is 1.39. The molecule has 8 heteroatoms. The van der Waals surface area contributed by atoms with Gasteiger partial charge in [-0.3, -0.25) is 19.3 Å². The third-order valence-electron chi connectivity index (χ3n) is 4.53. The number of carbonyl (C=O) groups excluding carboxylic acids is 3. The van der Waals surface area contributed by atoms with Crippen molar-refractivity contribution in [3.05, 3.63) is 57.1 Å². The standard InChI is InChI=1S/C22H22N2O3S3/c1-15(25)16-7-5-8-17(13-16)23-20(26)10-3-2-4-11-24-21(27)19(30-22(24)28)14-18-9-6-12-29-18/h5-9,12-14H,2-4,10-11H2,1H3,(H,23,26)/b19-14+. The fourth-order valence-electron chi connectivity index (χ4n) is 2.97. The molecule has 1 aliphatic rings. The number of carbonyl (C=O) groups is 3. The highest BCUT2D eigenvalue weighted by Crippen LogP contribution is 2.33. The highest BCUT2D eigenvalue weighted by Gasteiger charge is 2.31. The van der Waals surface area contributed by atoms with E-state index >= 15 is 0 Å². The van der Waals surface area contributed by atoms with E-state index in [1.54, 1.807) is 40.5 Å². The number of nitrogens with one attached hydrogen (secondary N) is 1. The first-order valence-electron chi connectivity index (χ1n) is 9.64. The van der Waals surface area contributed by atoms with E-state index in [0.717, 1.165) is 24.1 Å². The summed E-state index contributed by atoms with van der Waals surface area (Å²) >= 11 is 8.28. The zero-order chi connectivity index (χ0) is 21.5. The summed E-state index contributed by atoms with van der Waals surface area (Å²) in [5.74, 6) is -0.159. The van der Waals surface area contributed by atoms with Crippen molar-refractivity contribution in [1.82, 2.24) is 4.90 Å². The second-order valence-electron chi connectivity index (χ2n) is 6.84. The number of hydrogen-bond donors (Lipinski definition) is 1. The fraction of sp³-hybridized carbons (Fsp3) is 0.273. The smallest absolute Gasteiger partial charge is 0.266 e. The van der Waals surface area contributed by atoms with Gasteiger partial charge in [0.2, 0.25) is 5.91 Å². The van der Waals surface area contributed by atoms with Gasteiger partial charge in [0.1, 0.15) is 4.32 Å². The van der Waals surface area contributed by atoms with E-state index in [2.05, 4.69) is 5.32 Å². The molecule has 1 aliphatic heterocycles. The lowest BCUT2D eigenvalue weighted by Gasteiger charge is -2.14. The fourth-order valence-corrected chi connectivity index (χ4v) is 5.00. The van der Waals surface area contributed by atoms with E-state index in [1.165, 1.54) is 18.7 Å². The van der Waals surface area contributed by atoms with Gasteiger partial charge >= 0.3 is 0 Å². The molecule has 0 atom stereocenters. The Hall–Kier alpha value is -2.29. The molecule has 0 aliphatic carbocycles. The second-order valence-corrected chi connectivity index (χ2v) is 9.50. The number of benzene rings is 1. The maximum Gasteiger partial charge on any atom is 0.266 e. The van der Waals surface area contributed by atoms with Crippen LogP contribution in [0.1, 0.15) is 47.8 Å². The van der Waals surface area contributed by atoms with Crippen LogP contribution in [-0.4, -0.2) is 33.4 Å². The number of anilines is 1. The minimum Gasteiger partial charge on any atom is -0.326 e. The van der Waals surface area contributed by atoms with Crippen LogP contribution in [0.2, 0.25) is 0 Å². The number of hydrogen-bond acceptors (Lipinski definition) is 6. The molecular formula is C22H22N2O3S3. The van der Waals surface area contributed by atoms with E-state index in [4.69, 9.17) is 12.2 Å². The number of unbranched alkanes of at least 4 members (excludes halogenated alkanes) is 2. The lowest BCUT2D eigenvalue weighted by atomic mass is 10.1. The van der Waals surface area contributed by atoms with Crippen molar-refractivity contribution in [2.24, 2.45) is 0 Å². The molecule has 156 valence electrons. The van der Waals surface area contributed by atoms with Crippen LogP contribution >= 0.6 is 35.3 Å². The van der Waals surface area contributed by atoms with Crippen molar-refractivity contribution in [3.63, 3.8) is 0 Å². The SMILES string of the molecule is CC(=O)c1cccc(NC(=O)CCCCCN2C(=O)/C(=C\c3cccs3)SC2=S)c1. The van der Waals surface area contributed by atoms with Crippen LogP contribution in [0, 0.1) is 0 Å². The molecule has 2 heterocycles. The van der Waals surface area contributed by atoms with Crippen LogP contribution in [0.3, 0.4) is 0 Å². The average Bonchev–Trinajstić information content (AvgIpc) is 3.31. The zero-order valence-electron chi connectivity index (χ0n) is 16.6. The Morgan fingerprint density at radius 1 is 1.17 bits per heavy atom. The lowest BCUT2D eigenvalue weighted by Crippen LogP contribution is -2.29. The van der Waals surface area contributed by atoms with Crippen molar-refractivity contribution in [2.45, 2.75) is 32.6 Å². The molecule has 0 bridgehead atoms. The van der Waals surface area contributed by atoms with Crippen molar-refractivity contribution >= 4 is 69.0 Å². The number of thiophene rings is 1. The van der Waals surface area contributed by atoms with Gasteiger partial charge in [-0.2, -0.15) is 0 Å². The number of amides is 2. The topological polar surface area (TPSA) is 66.5 Å². The Kier molecular flexibility index (Phi) is 7.95. The molecule has 1 saturated heterocycles. The zero-order valence-corrected chi connectivity index (χ0v) is 19.0. The summed E-state index contributed by atoms with van der Waals surface area (Å²) in [6.45, 7) is 2.06. The monoisotopic (exact) mass is 458 g/mol. The maximum absolute atomic E-state index is 12.6. The van der Waals surface area contributed by atoms with Gasteiger partial charge < -0.3 is 5.32 Å². The molecule has 5 nitrogen and oxygen atoms in total. The first-order valence-corrected chi connectivity index (χ1v) is 11.7. The number of nitrogens with zero attached hydrogens (tertiary/aromatic N) is 1. The minimum absolute atomic E-state index is 0.0352. The number of thioether (sulfide) groups is 1. The van der Waals surface area contributed by atoms with Crippen LogP contribution < -0.4 is 5.32 Å². The van der Waals surface area contributed by atoms with Gasteiger partial charge in [-0.05, 0) is 49.4 Å². The minimum atomic E-state index is -0.0832. The van der Waals surface area contributed by atoms with E-state index in [-0.39, 0.29) is 17.6 Å². The van der Waals surface area contributed by atoms with Gasteiger partial charge in [-0.1, -0.05) is 48.6 Å². The molecule has 1 fully saturated rings. The van der Waals surface area contributed by atoms with E-state index in [1.807, 2.05) is 23.6 Å². The molecule has 0 saturated carbocycles. The highest BCUT2D eigenvalue weighted by molar-refractivity contribution is 8.26. The maximum atomic E-state index is 12.6. The first kappa shape index (κ1) is 22.4. The molecule has 0 unspecified atom stereocenters. The summed E-state index contributed by atoms with van der Waals surface area (Å²) in [5, 5.41) is 4.80. The van der Waals surface area contributed by atoms with Crippen LogP contribution in [0.4, 0.5) is 5.69 Å². The van der Waals surface area contributed by atoms with E-state index in [0.29, 0.717) is 33.4 Å². The van der Waals surface area contributed by atoms with Crippen LogP contribution in [0.5, 0.6) is 0 Å². The first-order chi connectivity index (χ1) is 14.4. The second kappa shape index (κ2) is 10.7. The van der Waals surface area contributed by atoms with Crippen molar-refractivity contribution in [1.29, 1.82) is 0 Å². The summed E-state index contributed by atoms with van der Waals surface area (Å²) in [5.41, 5.74) is 1.20. The van der Waals surface area contributed by atoms with Crippen molar-refractivity contribution in [3.8, 4) is 0 Å². The molecule has 1 N–H and O–H groups in total. The number of Topliss-reactive ketones (excluding diaryl/α,β-unsaturated/α-hetero) is 1. The Labute approximate surface area is 189 Å². The largest absolute Gasteiger partial charge is 0.326 e. The molecule has 1 aromatic heterocycles. The third kappa shape index (κ3) is 6.10. The normalized spacial score (nSPS) is 15.1. The molecule has 3 rings (SSSR count). The molecular weight excluding hydrogens is 436 g/mol. The van der Waals surface area contributed by atoms with Gasteiger partial charge in [0.25, 0.3) is 5.91 Å². The van der Waals surface area contributed by atoms with Gasteiger partial charge in [-0.15, -0.1) is 11.3 Å². The molecule has 0 spiro atoms. The molecule has 1 aromatic carbocycles. The quantitative estimate of drug-likeness (QED) is 0.237. The summed E-state index contributed by atoms with van der Waals surface area (Å²) < 4.78 is 0.589. The summed E-state index contributed by atoms with van der Waals surface area (Å²) in [7, 11) is 0. The van der Waals surface area contributed by atoms with E-state index in [9.17, 15) is 14.4 Å². The third-order valence-corrected chi connectivity index (χ3v) is 6.73. The van der Waals surface area contributed by atoms with Gasteiger partial charge in [0, 0.05) is 29.1 Å². The Morgan fingerprint density at radius 2 is 2.00 bits per heavy atom. The van der Waals surface area contributed by atoms with Crippen LogP contribution in [0.15, 0.2) is 46.7 Å². The van der Waals surface area contributed by atoms with Gasteiger partial charge in [-0.25, -0.2) is 0 Å². The summed E-state index contributed by atoms with van der Waals surface area (Å²) in [6.07, 6.45) is 4.60. The van der Waals surface area contributed by atoms with E-state index < -0.39 is 0 Å². The molecule has 2 amide bonds. The predicted octanol–water partition coefficient (Wildman–Crippen LogP) is 5.35. The number of ketones is 1. The van der Waals surface area contributed by atoms with Crippen LogP contribution in [-0.2, 0) is 9.59 Å².